The molecule has 2 heterocycles. The molecule has 0 spiro atoms. The predicted molar refractivity (Wildman–Crippen MR) is 117 cm³/mol. The zero-order valence-electron chi connectivity index (χ0n) is 14.9. The molecule has 3 aromatic rings. The fraction of sp³-hybridized carbons (Fsp3) is 0.300. The smallest absolute Gasteiger partial charge is 0.264 e. The van der Waals surface area contributed by atoms with Crippen molar-refractivity contribution in [2.75, 3.05) is 23.4 Å². The van der Waals surface area contributed by atoms with Gasteiger partial charge in [0.1, 0.15) is 5.75 Å². The van der Waals surface area contributed by atoms with Gasteiger partial charge >= 0.3 is 0 Å². The number of hydrogen-bond acceptors (Lipinski definition) is 6. The van der Waals surface area contributed by atoms with Crippen molar-refractivity contribution in [1.29, 1.82) is 0 Å². The van der Waals surface area contributed by atoms with Gasteiger partial charge in [-0.3, -0.25) is 10.1 Å². The second-order valence-electron chi connectivity index (χ2n) is 6.15. The molecular formula is C20H20N2O2S3. The van der Waals surface area contributed by atoms with Crippen LogP contribution in [0, 0.1) is 0 Å². The van der Waals surface area contributed by atoms with E-state index in [9.17, 15) is 4.79 Å². The molecule has 0 atom stereocenters. The quantitative estimate of drug-likeness (QED) is 0.587. The fourth-order valence-electron chi connectivity index (χ4n) is 2.82. The second kappa shape index (κ2) is 8.54. The zero-order valence-corrected chi connectivity index (χ0v) is 17.4. The summed E-state index contributed by atoms with van der Waals surface area (Å²) in [7, 11) is 0. The molecule has 1 aliphatic heterocycles. The van der Waals surface area contributed by atoms with Crippen molar-refractivity contribution in [2.24, 2.45) is 0 Å². The molecular weight excluding hydrogens is 396 g/mol. The molecule has 0 saturated carbocycles. The highest BCUT2D eigenvalue weighted by Gasteiger charge is 2.18. The van der Waals surface area contributed by atoms with Crippen LogP contribution in [0.2, 0.25) is 0 Å². The Morgan fingerprint density at radius 1 is 1.19 bits per heavy atom. The van der Waals surface area contributed by atoms with Crippen LogP contribution in [0.4, 0.5) is 5.13 Å². The number of nitrogens with zero attached hydrogens (tertiary/aromatic N) is 1. The summed E-state index contributed by atoms with van der Waals surface area (Å²) in [5.41, 5.74) is 3.48. The third kappa shape index (κ3) is 4.59. The Bertz CT molecular complexity index is 934. The van der Waals surface area contributed by atoms with Crippen molar-refractivity contribution in [2.45, 2.75) is 17.9 Å². The standard InChI is InChI=1S/C20H20N2O2S3/c1-2-13-3-8-16-17(11-13)27-20(21-16)22-18(23)12-24-15-6-4-14(5-7-15)19-25-9-10-26-19/h3-8,11,19H,2,9-10,12H2,1H3,(H,21,22,23). The van der Waals surface area contributed by atoms with Crippen LogP contribution in [-0.4, -0.2) is 29.0 Å². The number of aromatic nitrogens is 1. The molecule has 4 nitrogen and oxygen atoms in total. The summed E-state index contributed by atoms with van der Waals surface area (Å²) in [6.45, 7) is 2.10. The van der Waals surface area contributed by atoms with Gasteiger partial charge in [0.15, 0.2) is 11.7 Å². The molecule has 7 heteroatoms. The van der Waals surface area contributed by atoms with E-state index in [2.05, 4.69) is 41.5 Å². The van der Waals surface area contributed by atoms with E-state index >= 15 is 0 Å². The van der Waals surface area contributed by atoms with Crippen LogP contribution in [0.1, 0.15) is 22.6 Å². The number of thioether (sulfide) groups is 2. The van der Waals surface area contributed by atoms with Crippen LogP contribution in [0.5, 0.6) is 5.75 Å². The van der Waals surface area contributed by atoms with E-state index in [0.717, 1.165) is 16.6 Å². The number of aryl methyl sites for hydroxylation is 1. The lowest BCUT2D eigenvalue weighted by atomic mass is 10.2. The van der Waals surface area contributed by atoms with E-state index in [4.69, 9.17) is 4.74 Å². The minimum absolute atomic E-state index is 0.0254. The van der Waals surface area contributed by atoms with Gasteiger partial charge in [-0.15, -0.1) is 23.5 Å². The molecule has 0 aliphatic carbocycles. The minimum Gasteiger partial charge on any atom is -0.484 e. The highest BCUT2D eigenvalue weighted by Crippen LogP contribution is 2.45. The van der Waals surface area contributed by atoms with Crippen molar-refractivity contribution in [1.82, 2.24) is 4.98 Å². The highest BCUT2D eigenvalue weighted by molar-refractivity contribution is 8.19. The molecule has 0 unspecified atom stereocenters. The van der Waals surface area contributed by atoms with Crippen molar-refractivity contribution in [3.05, 3.63) is 53.6 Å². The van der Waals surface area contributed by atoms with E-state index in [1.165, 1.54) is 34.0 Å². The Morgan fingerprint density at radius 3 is 2.70 bits per heavy atom. The van der Waals surface area contributed by atoms with Gasteiger partial charge < -0.3 is 4.74 Å². The van der Waals surface area contributed by atoms with Crippen molar-refractivity contribution < 1.29 is 9.53 Å². The number of fused-ring (bicyclic) bond motifs is 1. The van der Waals surface area contributed by atoms with Gasteiger partial charge in [-0.05, 0) is 41.8 Å². The van der Waals surface area contributed by atoms with Gasteiger partial charge in [-0.25, -0.2) is 4.98 Å². The Kier molecular flexibility index (Phi) is 5.90. The average molecular weight is 417 g/mol. The third-order valence-electron chi connectivity index (χ3n) is 4.25. The number of carbonyl (C=O) groups excluding carboxylic acids is 1. The first-order chi connectivity index (χ1) is 13.2. The van der Waals surface area contributed by atoms with Crippen LogP contribution < -0.4 is 10.1 Å². The van der Waals surface area contributed by atoms with Gasteiger partial charge in [-0.1, -0.05) is 36.5 Å². The van der Waals surface area contributed by atoms with E-state index in [0.29, 0.717) is 15.5 Å². The molecule has 1 aromatic heterocycles. The van der Waals surface area contributed by atoms with Crippen LogP contribution >= 0.6 is 34.9 Å². The summed E-state index contributed by atoms with van der Waals surface area (Å²) in [5, 5.41) is 3.44. The maximum Gasteiger partial charge on any atom is 0.264 e. The van der Waals surface area contributed by atoms with Crippen LogP contribution in [-0.2, 0) is 11.2 Å². The number of anilines is 1. The first-order valence-corrected chi connectivity index (χ1v) is 11.8. The normalized spacial score (nSPS) is 14.6. The molecule has 1 saturated heterocycles. The number of amides is 1. The summed E-state index contributed by atoms with van der Waals surface area (Å²) < 4.78 is 7.23. The Balaban J connectivity index is 1.32. The fourth-order valence-corrected chi connectivity index (χ4v) is 6.62. The summed E-state index contributed by atoms with van der Waals surface area (Å²) in [6, 6.07) is 14.2. The summed E-state index contributed by atoms with van der Waals surface area (Å²) >= 11 is 5.44. The van der Waals surface area contributed by atoms with Gasteiger partial charge in [0.2, 0.25) is 0 Å². The Hall–Kier alpha value is -1.70. The SMILES string of the molecule is CCc1ccc2nc(NC(=O)COc3ccc(C4SCCS4)cc3)sc2c1. The number of thiazole rings is 1. The van der Waals surface area contributed by atoms with Crippen molar-refractivity contribution >= 4 is 56.1 Å². The second-order valence-corrected chi connectivity index (χ2v) is 9.91. The van der Waals surface area contributed by atoms with Crippen LogP contribution in [0.3, 0.4) is 0 Å². The van der Waals surface area contributed by atoms with Gasteiger partial charge in [0, 0.05) is 11.5 Å². The van der Waals surface area contributed by atoms with Crippen molar-refractivity contribution in [3.63, 3.8) is 0 Å². The largest absolute Gasteiger partial charge is 0.484 e. The lowest BCUT2D eigenvalue weighted by molar-refractivity contribution is -0.118. The molecule has 27 heavy (non-hydrogen) atoms. The topological polar surface area (TPSA) is 51.2 Å². The Morgan fingerprint density at radius 2 is 1.96 bits per heavy atom. The van der Waals surface area contributed by atoms with Gasteiger partial charge in [0.25, 0.3) is 5.91 Å². The molecule has 1 fully saturated rings. The summed E-state index contributed by atoms with van der Waals surface area (Å²) in [5.74, 6) is 2.92. The van der Waals surface area contributed by atoms with Crippen molar-refractivity contribution in [3.8, 4) is 5.75 Å². The molecule has 1 amide bonds. The Labute approximate surface area is 171 Å². The number of benzene rings is 2. The van der Waals surface area contributed by atoms with Gasteiger partial charge in [-0.2, -0.15) is 0 Å². The lowest BCUT2D eigenvalue weighted by Crippen LogP contribution is -2.19. The van der Waals surface area contributed by atoms with Crippen LogP contribution in [0.25, 0.3) is 10.2 Å². The monoisotopic (exact) mass is 416 g/mol. The molecule has 0 radical (unpaired) electrons. The summed E-state index contributed by atoms with van der Waals surface area (Å²) in [4.78, 5) is 16.7. The molecule has 1 aliphatic rings. The average Bonchev–Trinajstić information content (AvgIpc) is 3.35. The number of ether oxygens (including phenoxy) is 1. The summed E-state index contributed by atoms with van der Waals surface area (Å²) in [6.07, 6.45) is 0.986. The molecule has 2 aromatic carbocycles. The van der Waals surface area contributed by atoms with E-state index in [1.54, 1.807) is 0 Å². The number of rotatable bonds is 6. The first kappa shape index (κ1) is 18.7. The number of nitrogens with one attached hydrogen (secondary N) is 1. The molecule has 140 valence electrons. The van der Waals surface area contributed by atoms with E-state index in [1.807, 2.05) is 41.7 Å². The molecule has 4 rings (SSSR count). The lowest BCUT2D eigenvalue weighted by Gasteiger charge is -2.10. The van der Waals surface area contributed by atoms with Crippen LogP contribution in [0.15, 0.2) is 42.5 Å². The van der Waals surface area contributed by atoms with Gasteiger partial charge in [0.05, 0.1) is 14.8 Å². The van der Waals surface area contributed by atoms with E-state index in [-0.39, 0.29) is 12.5 Å². The maximum absolute atomic E-state index is 12.2. The minimum atomic E-state index is -0.198. The van der Waals surface area contributed by atoms with E-state index < -0.39 is 0 Å². The first-order valence-electron chi connectivity index (χ1n) is 8.86. The highest BCUT2D eigenvalue weighted by atomic mass is 32.2. The third-order valence-corrected chi connectivity index (χ3v) is 8.29. The number of hydrogen-bond donors (Lipinski definition) is 1. The molecule has 0 bridgehead atoms. The number of carbonyl (C=O) groups is 1. The predicted octanol–water partition coefficient (Wildman–Crippen LogP) is 5.35. The zero-order chi connectivity index (χ0) is 18.6. The maximum atomic E-state index is 12.2. The molecule has 1 N–H and O–H groups in total.